The summed E-state index contributed by atoms with van der Waals surface area (Å²) in [5.41, 5.74) is 1.91. The molecule has 0 aromatic heterocycles. The molecular weight excluding hydrogens is 398 g/mol. The highest BCUT2D eigenvalue weighted by atomic mass is 16.6. The van der Waals surface area contributed by atoms with E-state index in [-0.39, 0.29) is 29.6 Å². The van der Waals surface area contributed by atoms with Crippen LogP contribution in [0.3, 0.4) is 0 Å². The molecule has 0 radical (unpaired) electrons. The summed E-state index contributed by atoms with van der Waals surface area (Å²) in [6.45, 7) is 0. The van der Waals surface area contributed by atoms with Crippen molar-refractivity contribution < 1.29 is 24.0 Å². The minimum absolute atomic E-state index is 0.0455. The average molecular weight is 419 g/mol. The summed E-state index contributed by atoms with van der Waals surface area (Å²) in [7, 11) is 0. The van der Waals surface area contributed by atoms with Crippen LogP contribution in [-0.4, -0.2) is 28.9 Å². The van der Waals surface area contributed by atoms with Crippen LogP contribution in [0, 0.1) is 16.0 Å². The molecule has 1 fully saturated rings. The number of ether oxygens (including phenoxy) is 2. The third kappa shape index (κ3) is 4.71. The summed E-state index contributed by atoms with van der Waals surface area (Å²) in [5, 5.41) is 10.8. The summed E-state index contributed by atoms with van der Waals surface area (Å²) >= 11 is 0. The van der Waals surface area contributed by atoms with Crippen molar-refractivity contribution in [2.45, 2.75) is 31.5 Å². The Hall–Kier alpha value is -3.74. The maximum Gasteiger partial charge on any atom is 0.331 e. The second-order valence-electron chi connectivity index (χ2n) is 7.60. The highest BCUT2D eigenvalue weighted by Gasteiger charge is 2.41. The van der Waals surface area contributed by atoms with Crippen molar-refractivity contribution in [3.05, 3.63) is 88.2 Å². The molecular formula is C24H21NO6. The van der Waals surface area contributed by atoms with E-state index in [9.17, 15) is 19.7 Å². The number of benzene rings is 2. The fraction of sp³-hybridized carbons (Fsp3) is 0.250. The molecule has 7 heteroatoms. The Morgan fingerprint density at radius 1 is 1.13 bits per heavy atom. The number of nitro benzene ring substituents is 1. The molecule has 7 nitrogen and oxygen atoms in total. The molecule has 2 aromatic carbocycles. The van der Waals surface area contributed by atoms with Gasteiger partial charge in [-0.1, -0.05) is 42.5 Å². The first-order valence-electron chi connectivity index (χ1n) is 10.1. The lowest BCUT2D eigenvalue weighted by atomic mass is 9.78. The average Bonchev–Trinajstić information content (AvgIpc) is 2.79. The Morgan fingerprint density at radius 3 is 2.71 bits per heavy atom. The number of fused-ring (bicyclic) bond motifs is 1. The lowest BCUT2D eigenvalue weighted by molar-refractivity contribution is -0.384. The van der Waals surface area contributed by atoms with E-state index in [0.29, 0.717) is 30.4 Å². The third-order valence-electron chi connectivity index (χ3n) is 5.57. The number of Topliss-reactive ketones (excluding diaryl/α,β-unsaturated/α-hetero) is 1. The van der Waals surface area contributed by atoms with Gasteiger partial charge in [-0.2, -0.15) is 0 Å². The molecule has 1 saturated carbocycles. The van der Waals surface area contributed by atoms with E-state index in [4.69, 9.17) is 9.47 Å². The first-order chi connectivity index (χ1) is 15.0. The van der Waals surface area contributed by atoms with Crippen LogP contribution in [0.15, 0.2) is 66.9 Å². The van der Waals surface area contributed by atoms with Crippen molar-refractivity contribution >= 4 is 29.1 Å². The molecule has 1 aliphatic carbocycles. The molecule has 0 N–H and O–H groups in total. The van der Waals surface area contributed by atoms with E-state index in [1.165, 1.54) is 30.5 Å². The van der Waals surface area contributed by atoms with E-state index in [1.54, 1.807) is 12.1 Å². The maximum absolute atomic E-state index is 12.9. The second-order valence-corrected chi connectivity index (χ2v) is 7.60. The Morgan fingerprint density at radius 2 is 1.94 bits per heavy atom. The number of carbonyl (C=O) groups is 2. The number of ketones is 1. The Balaban J connectivity index is 1.36. The predicted octanol–water partition coefficient (Wildman–Crippen LogP) is 4.33. The van der Waals surface area contributed by atoms with Crippen molar-refractivity contribution in [3.8, 4) is 0 Å². The normalized spacial score (nSPS) is 22.9. The number of hydrogen-bond acceptors (Lipinski definition) is 6. The van der Waals surface area contributed by atoms with Gasteiger partial charge in [0, 0.05) is 24.6 Å². The van der Waals surface area contributed by atoms with Gasteiger partial charge in [0.05, 0.1) is 22.7 Å². The van der Waals surface area contributed by atoms with Crippen molar-refractivity contribution in [1.29, 1.82) is 0 Å². The molecule has 3 atom stereocenters. The molecule has 0 saturated heterocycles. The molecule has 2 aliphatic rings. The highest BCUT2D eigenvalue weighted by molar-refractivity contribution is 6.22. The summed E-state index contributed by atoms with van der Waals surface area (Å²) in [6, 6.07) is 15.4. The van der Waals surface area contributed by atoms with Gasteiger partial charge in [-0.25, -0.2) is 4.79 Å². The SMILES string of the molecule is O=C(/C=C/c1cccc([N+](=O)[O-])c1)OC1CCC2C(=O)C(c3ccccc3)=COC2C1. The van der Waals surface area contributed by atoms with Crippen LogP contribution < -0.4 is 0 Å². The van der Waals surface area contributed by atoms with Crippen LogP contribution in [0.1, 0.15) is 30.4 Å². The number of nitro groups is 1. The minimum atomic E-state index is -0.530. The fourth-order valence-electron chi connectivity index (χ4n) is 4.00. The van der Waals surface area contributed by atoms with Gasteiger partial charge in [0.25, 0.3) is 5.69 Å². The van der Waals surface area contributed by atoms with Crippen LogP contribution in [0.4, 0.5) is 5.69 Å². The van der Waals surface area contributed by atoms with Crippen LogP contribution in [0.25, 0.3) is 11.6 Å². The molecule has 1 heterocycles. The monoisotopic (exact) mass is 419 g/mol. The fourth-order valence-corrected chi connectivity index (χ4v) is 4.00. The zero-order valence-corrected chi connectivity index (χ0v) is 16.7. The summed E-state index contributed by atoms with van der Waals surface area (Å²) in [5.74, 6) is -0.703. The topological polar surface area (TPSA) is 95.7 Å². The van der Waals surface area contributed by atoms with Gasteiger partial charge >= 0.3 is 5.97 Å². The van der Waals surface area contributed by atoms with E-state index in [0.717, 1.165) is 5.56 Å². The number of rotatable bonds is 5. The van der Waals surface area contributed by atoms with Gasteiger partial charge in [0.1, 0.15) is 12.2 Å². The summed E-state index contributed by atoms with van der Waals surface area (Å²) < 4.78 is 11.4. The predicted molar refractivity (Wildman–Crippen MR) is 114 cm³/mol. The van der Waals surface area contributed by atoms with Crippen molar-refractivity contribution in [2.24, 2.45) is 5.92 Å². The zero-order chi connectivity index (χ0) is 21.8. The van der Waals surface area contributed by atoms with Crippen LogP contribution in [0.2, 0.25) is 0 Å². The van der Waals surface area contributed by atoms with E-state index in [1.807, 2.05) is 30.3 Å². The number of allylic oxidation sites excluding steroid dienone is 1. The number of carbonyl (C=O) groups excluding carboxylic acids is 2. The lowest BCUT2D eigenvalue weighted by Crippen LogP contribution is -2.41. The standard InChI is InChI=1S/C24H21NO6/c26-23(12-9-16-5-4-8-18(13-16)25(28)29)31-19-10-11-20-22(14-19)30-15-21(24(20)27)17-6-2-1-3-7-17/h1-9,12-13,15,19-20,22H,10-11,14H2/b12-9+. The molecule has 1 aliphatic heterocycles. The van der Waals surface area contributed by atoms with Crippen LogP contribution >= 0.6 is 0 Å². The molecule has 31 heavy (non-hydrogen) atoms. The van der Waals surface area contributed by atoms with Crippen LogP contribution in [-0.2, 0) is 19.1 Å². The van der Waals surface area contributed by atoms with Crippen molar-refractivity contribution in [3.63, 3.8) is 0 Å². The molecule has 2 aromatic rings. The molecule has 3 unspecified atom stereocenters. The molecule has 0 bridgehead atoms. The van der Waals surface area contributed by atoms with Gasteiger partial charge in [0.15, 0.2) is 5.78 Å². The number of nitrogens with zero attached hydrogens (tertiary/aromatic N) is 1. The Labute approximate surface area is 179 Å². The number of esters is 1. The second kappa shape index (κ2) is 8.95. The maximum atomic E-state index is 12.9. The van der Waals surface area contributed by atoms with E-state index >= 15 is 0 Å². The Bertz CT molecular complexity index is 1060. The summed E-state index contributed by atoms with van der Waals surface area (Å²) in [4.78, 5) is 35.5. The van der Waals surface area contributed by atoms with Gasteiger partial charge < -0.3 is 9.47 Å². The number of hydrogen-bond donors (Lipinski definition) is 0. The van der Waals surface area contributed by atoms with Gasteiger partial charge in [-0.05, 0) is 30.0 Å². The number of non-ortho nitro benzene ring substituents is 1. The first-order valence-corrected chi connectivity index (χ1v) is 10.1. The van der Waals surface area contributed by atoms with Crippen molar-refractivity contribution in [1.82, 2.24) is 0 Å². The summed E-state index contributed by atoms with van der Waals surface area (Å²) in [6.07, 6.45) is 5.21. The van der Waals surface area contributed by atoms with Gasteiger partial charge in [-0.15, -0.1) is 0 Å². The molecule has 4 rings (SSSR count). The molecule has 158 valence electrons. The largest absolute Gasteiger partial charge is 0.496 e. The highest BCUT2D eigenvalue weighted by Crippen LogP contribution is 2.37. The molecule has 0 spiro atoms. The van der Waals surface area contributed by atoms with E-state index in [2.05, 4.69) is 0 Å². The molecule has 0 amide bonds. The smallest absolute Gasteiger partial charge is 0.331 e. The quantitative estimate of drug-likeness (QED) is 0.310. The van der Waals surface area contributed by atoms with E-state index < -0.39 is 10.9 Å². The van der Waals surface area contributed by atoms with Gasteiger partial charge in [0.2, 0.25) is 0 Å². The van der Waals surface area contributed by atoms with Gasteiger partial charge in [-0.3, -0.25) is 14.9 Å². The van der Waals surface area contributed by atoms with Crippen LogP contribution in [0.5, 0.6) is 0 Å². The first kappa shape index (κ1) is 20.5. The van der Waals surface area contributed by atoms with Crippen molar-refractivity contribution in [2.75, 3.05) is 0 Å². The lowest BCUT2D eigenvalue weighted by Gasteiger charge is -2.37. The third-order valence-corrected chi connectivity index (χ3v) is 5.57. The zero-order valence-electron chi connectivity index (χ0n) is 16.7. The Kier molecular flexibility index (Phi) is 5.93. The minimum Gasteiger partial charge on any atom is -0.496 e.